The summed E-state index contributed by atoms with van der Waals surface area (Å²) in [5, 5.41) is 0. The highest BCUT2D eigenvalue weighted by molar-refractivity contribution is 9.10. The van der Waals surface area contributed by atoms with Gasteiger partial charge in [-0.1, -0.05) is 13.0 Å². The van der Waals surface area contributed by atoms with Gasteiger partial charge in [0.05, 0.1) is 17.6 Å². The highest BCUT2D eigenvalue weighted by atomic mass is 79.9. The highest BCUT2D eigenvalue weighted by Crippen LogP contribution is 2.16. The van der Waals surface area contributed by atoms with Gasteiger partial charge in [-0.2, -0.15) is 0 Å². The molecule has 0 saturated heterocycles. The van der Waals surface area contributed by atoms with Crippen molar-refractivity contribution in [1.82, 2.24) is 9.97 Å². The lowest BCUT2D eigenvalue weighted by atomic mass is 10.1. The maximum atomic E-state index is 10.8. The Kier molecular flexibility index (Phi) is 3.95. The van der Waals surface area contributed by atoms with Crippen LogP contribution < -0.4 is 0 Å². The van der Waals surface area contributed by atoms with Gasteiger partial charge >= 0.3 is 0 Å². The van der Waals surface area contributed by atoms with E-state index in [9.17, 15) is 4.79 Å². The van der Waals surface area contributed by atoms with Gasteiger partial charge in [-0.05, 0) is 29.3 Å². The molecule has 0 aliphatic heterocycles. The van der Waals surface area contributed by atoms with Crippen molar-refractivity contribution in [2.75, 3.05) is 0 Å². The molecule has 1 aromatic heterocycles. The van der Waals surface area contributed by atoms with Gasteiger partial charge < -0.3 is 0 Å². The van der Waals surface area contributed by atoms with Crippen LogP contribution in [0.25, 0.3) is 5.57 Å². The van der Waals surface area contributed by atoms with E-state index in [-0.39, 0.29) is 0 Å². The summed E-state index contributed by atoms with van der Waals surface area (Å²) >= 11 is 3.23. The Labute approximate surface area is 91.4 Å². The highest BCUT2D eigenvalue weighted by Gasteiger charge is 2.07. The van der Waals surface area contributed by atoms with Crippen LogP contribution in [0.1, 0.15) is 24.7 Å². The summed E-state index contributed by atoms with van der Waals surface area (Å²) in [6, 6.07) is 0. The summed E-state index contributed by atoms with van der Waals surface area (Å²) in [6.07, 6.45) is 5.08. The first kappa shape index (κ1) is 11.0. The van der Waals surface area contributed by atoms with E-state index in [2.05, 4.69) is 25.9 Å². The van der Waals surface area contributed by atoms with Gasteiger partial charge in [0.25, 0.3) is 0 Å². The first-order valence-corrected chi connectivity index (χ1v) is 5.13. The molecule has 0 spiro atoms. The predicted molar refractivity (Wildman–Crippen MR) is 58.8 cm³/mol. The Hall–Kier alpha value is -1.03. The Bertz CT molecular complexity index is 374. The van der Waals surface area contributed by atoms with Crippen LogP contribution in [0.3, 0.4) is 0 Å². The molecule has 0 fully saturated rings. The molecule has 4 heteroatoms. The number of aryl methyl sites for hydroxylation is 1. The molecule has 0 saturated carbocycles. The number of aldehydes is 1. The molecule has 0 N–H and O–H groups in total. The first-order chi connectivity index (χ1) is 6.69. The maximum absolute atomic E-state index is 10.8. The molecule has 1 heterocycles. The van der Waals surface area contributed by atoms with Gasteiger partial charge in [0.1, 0.15) is 4.60 Å². The molecule has 14 heavy (non-hydrogen) atoms. The van der Waals surface area contributed by atoms with Crippen molar-refractivity contribution in [3.05, 3.63) is 28.3 Å². The minimum Gasteiger partial charge on any atom is -0.298 e. The van der Waals surface area contributed by atoms with E-state index >= 15 is 0 Å². The van der Waals surface area contributed by atoms with Crippen LogP contribution in [0.2, 0.25) is 0 Å². The van der Waals surface area contributed by atoms with E-state index in [0.717, 1.165) is 18.4 Å². The van der Waals surface area contributed by atoms with Crippen LogP contribution in [0, 0.1) is 6.92 Å². The second kappa shape index (κ2) is 5.00. The van der Waals surface area contributed by atoms with Crippen LogP contribution in [-0.2, 0) is 4.79 Å². The molecule has 74 valence electrons. The molecule has 1 aromatic rings. The molecule has 0 aliphatic rings. The third kappa shape index (κ3) is 2.48. The number of halogens is 1. The topological polar surface area (TPSA) is 42.9 Å². The number of carbonyl (C=O) groups is 1. The number of aromatic nitrogens is 2. The Morgan fingerprint density at radius 1 is 1.64 bits per heavy atom. The normalized spacial score (nSPS) is 11.5. The first-order valence-electron chi connectivity index (χ1n) is 4.34. The fourth-order valence-corrected chi connectivity index (χ4v) is 1.40. The number of carbonyl (C=O) groups excluding carboxylic acids is 1. The number of allylic oxidation sites excluding steroid dienone is 2. The molecule has 1 rings (SSSR count). The summed E-state index contributed by atoms with van der Waals surface area (Å²) in [5.74, 6) is 0. The number of rotatable bonds is 3. The predicted octanol–water partition coefficient (Wildman–Crippen LogP) is 2.54. The average molecular weight is 255 g/mol. The van der Waals surface area contributed by atoms with Crippen molar-refractivity contribution in [2.45, 2.75) is 20.3 Å². The lowest BCUT2D eigenvalue weighted by Crippen LogP contribution is -1.98. The van der Waals surface area contributed by atoms with Gasteiger partial charge in [-0.3, -0.25) is 9.78 Å². The van der Waals surface area contributed by atoms with Gasteiger partial charge in [-0.15, -0.1) is 0 Å². The van der Waals surface area contributed by atoms with Crippen molar-refractivity contribution in [3.8, 4) is 0 Å². The van der Waals surface area contributed by atoms with Gasteiger partial charge in [0.2, 0.25) is 0 Å². The second-order valence-electron chi connectivity index (χ2n) is 2.81. The minimum absolute atomic E-state index is 0.596. The summed E-state index contributed by atoms with van der Waals surface area (Å²) in [6.45, 7) is 3.81. The average Bonchev–Trinajstić information content (AvgIpc) is 2.18. The van der Waals surface area contributed by atoms with Crippen molar-refractivity contribution >= 4 is 27.8 Å². The summed E-state index contributed by atoms with van der Waals surface area (Å²) < 4.78 is 0.641. The molecule has 0 unspecified atom stereocenters. The smallest absolute Gasteiger partial charge is 0.151 e. The van der Waals surface area contributed by atoms with E-state index in [0.29, 0.717) is 15.9 Å². The van der Waals surface area contributed by atoms with E-state index in [4.69, 9.17) is 0 Å². The maximum Gasteiger partial charge on any atom is 0.151 e. The molecule has 0 aliphatic carbocycles. The van der Waals surface area contributed by atoms with Gasteiger partial charge in [0.15, 0.2) is 6.29 Å². The lowest BCUT2D eigenvalue weighted by molar-refractivity contribution is -0.103. The number of hydrogen-bond donors (Lipinski definition) is 0. The number of hydrogen-bond acceptors (Lipinski definition) is 3. The molecule has 3 nitrogen and oxygen atoms in total. The van der Waals surface area contributed by atoms with Crippen LogP contribution in [-0.4, -0.2) is 16.3 Å². The lowest BCUT2D eigenvalue weighted by Gasteiger charge is -2.03. The summed E-state index contributed by atoms with van der Waals surface area (Å²) in [4.78, 5) is 19.1. The zero-order chi connectivity index (χ0) is 10.6. The molecule has 0 bridgehead atoms. The molecular formula is C10H11BrN2O. The van der Waals surface area contributed by atoms with Crippen LogP contribution in [0.4, 0.5) is 0 Å². The van der Waals surface area contributed by atoms with Crippen molar-refractivity contribution in [3.63, 3.8) is 0 Å². The van der Waals surface area contributed by atoms with E-state index in [1.165, 1.54) is 0 Å². The van der Waals surface area contributed by atoms with Gasteiger partial charge in [0, 0.05) is 5.57 Å². The standard InChI is InChI=1S/C10H11BrN2O/c1-3-4-8(6-14)10-7(2)12-5-9(11)13-10/h4-6H,3H2,1-2H3/b8-4-. The van der Waals surface area contributed by atoms with E-state index in [1.807, 2.05) is 19.9 Å². The van der Waals surface area contributed by atoms with Gasteiger partial charge in [-0.25, -0.2) is 4.98 Å². The Morgan fingerprint density at radius 2 is 2.36 bits per heavy atom. The quantitative estimate of drug-likeness (QED) is 0.615. The van der Waals surface area contributed by atoms with Crippen LogP contribution in [0.15, 0.2) is 16.9 Å². The van der Waals surface area contributed by atoms with E-state index < -0.39 is 0 Å². The number of nitrogens with zero attached hydrogens (tertiary/aromatic N) is 2. The Morgan fingerprint density at radius 3 is 2.93 bits per heavy atom. The Balaban J connectivity index is 3.22. The SMILES string of the molecule is CC/C=C(/C=O)c1nc(Br)cnc1C. The zero-order valence-electron chi connectivity index (χ0n) is 8.12. The fraction of sp³-hybridized carbons (Fsp3) is 0.300. The summed E-state index contributed by atoms with van der Waals surface area (Å²) in [5.41, 5.74) is 2.01. The third-order valence-electron chi connectivity index (χ3n) is 1.75. The van der Waals surface area contributed by atoms with Crippen molar-refractivity contribution in [1.29, 1.82) is 0 Å². The molecule has 0 atom stereocenters. The van der Waals surface area contributed by atoms with E-state index in [1.54, 1.807) is 6.20 Å². The molecule has 0 radical (unpaired) electrons. The molecular weight excluding hydrogens is 244 g/mol. The van der Waals surface area contributed by atoms with Crippen LogP contribution >= 0.6 is 15.9 Å². The second-order valence-corrected chi connectivity index (χ2v) is 3.62. The summed E-state index contributed by atoms with van der Waals surface area (Å²) in [7, 11) is 0. The molecule has 0 aromatic carbocycles. The minimum atomic E-state index is 0.596. The van der Waals surface area contributed by atoms with Crippen molar-refractivity contribution in [2.24, 2.45) is 0 Å². The zero-order valence-corrected chi connectivity index (χ0v) is 9.71. The fourth-order valence-electron chi connectivity index (χ4n) is 1.12. The van der Waals surface area contributed by atoms with Crippen LogP contribution in [0.5, 0.6) is 0 Å². The largest absolute Gasteiger partial charge is 0.298 e. The van der Waals surface area contributed by atoms with Crippen molar-refractivity contribution < 1.29 is 4.79 Å². The monoisotopic (exact) mass is 254 g/mol. The molecule has 0 amide bonds. The third-order valence-corrected chi connectivity index (χ3v) is 2.13.